The Bertz CT molecular complexity index is 379. The number of aryl methyl sites for hydroxylation is 3. The van der Waals surface area contributed by atoms with Gasteiger partial charge in [-0.25, -0.2) is 4.79 Å². The summed E-state index contributed by atoms with van der Waals surface area (Å²) in [6.45, 7) is 6.89. The third-order valence-electron chi connectivity index (χ3n) is 2.66. The molecular weight excluding hydrogens is 216 g/mol. The SMILES string of the molecule is Cc1cc(C)c(CNC(=O)NCCO)c(C)c1. The van der Waals surface area contributed by atoms with Crippen molar-refractivity contribution >= 4 is 6.03 Å². The first kappa shape index (κ1) is 13.5. The van der Waals surface area contributed by atoms with Crippen molar-refractivity contribution in [1.29, 1.82) is 0 Å². The molecule has 0 bridgehead atoms. The summed E-state index contributed by atoms with van der Waals surface area (Å²) >= 11 is 0. The molecule has 0 aliphatic rings. The van der Waals surface area contributed by atoms with Gasteiger partial charge >= 0.3 is 6.03 Å². The lowest BCUT2D eigenvalue weighted by Crippen LogP contribution is -2.36. The summed E-state index contributed by atoms with van der Waals surface area (Å²) in [5, 5.41) is 13.9. The molecule has 94 valence electrons. The second-order valence-electron chi connectivity index (χ2n) is 4.21. The van der Waals surface area contributed by atoms with Crippen LogP contribution < -0.4 is 10.6 Å². The molecule has 0 aromatic heterocycles. The number of aliphatic hydroxyl groups excluding tert-OH is 1. The van der Waals surface area contributed by atoms with Crippen LogP contribution in [0.2, 0.25) is 0 Å². The second kappa shape index (κ2) is 6.25. The fraction of sp³-hybridized carbons (Fsp3) is 0.462. The lowest BCUT2D eigenvalue weighted by Gasteiger charge is -2.12. The Balaban J connectivity index is 2.60. The summed E-state index contributed by atoms with van der Waals surface area (Å²) in [7, 11) is 0. The van der Waals surface area contributed by atoms with E-state index in [0.29, 0.717) is 6.54 Å². The van der Waals surface area contributed by atoms with Crippen LogP contribution in [0.15, 0.2) is 12.1 Å². The van der Waals surface area contributed by atoms with Crippen molar-refractivity contribution in [2.75, 3.05) is 13.2 Å². The number of nitrogens with one attached hydrogen (secondary N) is 2. The molecule has 2 amide bonds. The molecule has 0 saturated carbocycles. The number of carbonyl (C=O) groups is 1. The maximum Gasteiger partial charge on any atom is 0.315 e. The van der Waals surface area contributed by atoms with Crippen molar-refractivity contribution < 1.29 is 9.90 Å². The Morgan fingerprint density at radius 2 is 1.76 bits per heavy atom. The number of rotatable bonds is 4. The van der Waals surface area contributed by atoms with Gasteiger partial charge < -0.3 is 15.7 Å². The van der Waals surface area contributed by atoms with Crippen molar-refractivity contribution in [2.45, 2.75) is 27.3 Å². The molecular formula is C13H20N2O2. The molecule has 1 aromatic carbocycles. The minimum atomic E-state index is -0.251. The standard InChI is InChI=1S/C13H20N2O2/c1-9-6-10(2)12(11(3)7-9)8-15-13(17)14-4-5-16/h6-7,16H,4-5,8H2,1-3H3,(H2,14,15,17). The van der Waals surface area contributed by atoms with Gasteiger partial charge in [0.25, 0.3) is 0 Å². The molecule has 0 fully saturated rings. The van der Waals surface area contributed by atoms with Crippen molar-refractivity contribution in [3.8, 4) is 0 Å². The predicted molar refractivity (Wildman–Crippen MR) is 68.0 cm³/mol. The molecule has 0 radical (unpaired) electrons. The van der Waals surface area contributed by atoms with E-state index in [4.69, 9.17) is 5.11 Å². The molecule has 17 heavy (non-hydrogen) atoms. The summed E-state index contributed by atoms with van der Waals surface area (Å²) < 4.78 is 0. The van der Waals surface area contributed by atoms with Crippen LogP contribution in [-0.2, 0) is 6.54 Å². The van der Waals surface area contributed by atoms with Crippen LogP contribution in [0.4, 0.5) is 4.79 Å². The maximum absolute atomic E-state index is 11.3. The zero-order valence-corrected chi connectivity index (χ0v) is 10.6. The van der Waals surface area contributed by atoms with Crippen molar-refractivity contribution in [3.63, 3.8) is 0 Å². The molecule has 0 spiro atoms. The number of carbonyl (C=O) groups excluding carboxylic acids is 1. The number of hydrogen-bond acceptors (Lipinski definition) is 2. The fourth-order valence-corrected chi connectivity index (χ4v) is 1.89. The first-order chi connectivity index (χ1) is 8.04. The minimum absolute atomic E-state index is 0.0456. The molecule has 0 aliphatic carbocycles. The Hall–Kier alpha value is -1.55. The van der Waals surface area contributed by atoms with Crippen LogP contribution in [-0.4, -0.2) is 24.3 Å². The largest absolute Gasteiger partial charge is 0.395 e. The van der Waals surface area contributed by atoms with Crippen LogP contribution in [0.5, 0.6) is 0 Å². The summed E-state index contributed by atoms with van der Waals surface area (Å²) in [5.74, 6) is 0. The van der Waals surface area contributed by atoms with Gasteiger partial charge in [-0.1, -0.05) is 17.7 Å². The Morgan fingerprint density at radius 3 is 2.29 bits per heavy atom. The van der Waals surface area contributed by atoms with Crippen LogP contribution in [0.1, 0.15) is 22.3 Å². The average molecular weight is 236 g/mol. The molecule has 1 rings (SSSR count). The summed E-state index contributed by atoms with van der Waals surface area (Å²) in [6, 6.07) is 3.96. The molecule has 4 nitrogen and oxygen atoms in total. The van der Waals surface area contributed by atoms with E-state index in [0.717, 1.165) is 5.56 Å². The van der Waals surface area contributed by atoms with E-state index in [1.807, 2.05) is 13.8 Å². The van der Waals surface area contributed by atoms with E-state index in [2.05, 4.69) is 29.7 Å². The van der Waals surface area contributed by atoms with E-state index in [9.17, 15) is 4.79 Å². The van der Waals surface area contributed by atoms with E-state index in [-0.39, 0.29) is 19.2 Å². The quantitative estimate of drug-likeness (QED) is 0.740. The highest BCUT2D eigenvalue weighted by Crippen LogP contribution is 2.15. The van der Waals surface area contributed by atoms with Gasteiger partial charge in [0.05, 0.1) is 6.61 Å². The van der Waals surface area contributed by atoms with Crippen molar-refractivity contribution in [1.82, 2.24) is 10.6 Å². The highest BCUT2D eigenvalue weighted by Gasteiger charge is 2.05. The zero-order valence-electron chi connectivity index (χ0n) is 10.6. The molecule has 0 atom stereocenters. The molecule has 0 unspecified atom stereocenters. The molecule has 0 saturated heterocycles. The number of hydrogen-bond donors (Lipinski definition) is 3. The van der Waals surface area contributed by atoms with E-state index in [1.165, 1.54) is 16.7 Å². The highest BCUT2D eigenvalue weighted by atomic mass is 16.3. The minimum Gasteiger partial charge on any atom is -0.395 e. The van der Waals surface area contributed by atoms with Crippen LogP contribution in [0.3, 0.4) is 0 Å². The van der Waals surface area contributed by atoms with Gasteiger partial charge in [-0.3, -0.25) is 0 Å². The highest BCUT2D eigenvalue weighted by molar-refractivity contribution is 5.73. The van der Waals surface area contributed by atoms with Gasteiger partial charge in [-0.05, 0) is 37.5 Å². The van der Waals surface area contributed by atoms with Crippen LogP contribution in [0, 0.1) is 20.8 Å². The summed E-state index contributed by atoms with van der Waals surface area (Å²) in [4.78, 5) is 11.3. The van der Waals surface area contributed by atoms with Gasteiger partial charge in [0.15, 0.2) is 0 Å². The molecule has 1 aromatic rings. The monoisotopic (exact) mass is 236 g/mol. The average Bonchev–Trinajstić information content (AvgIpc) is 2.24. The van der Waals surface area contributed by atoms with Gasteiger partial charge in [0.1, 0.15) is 0 Å². The normalized spacial score (nSPS) is 10.1. The predicted octanol–water partition coefficient (Wildman–Crippen LogP) is 1.40. The lowest BCUT2D eigenvalue weighted by molar-refractivity contribution is 0.234. The first-order valence-electron chi connectivity index (χ1n) is 5.74. The van der Waals surface area contributed by atoms with Crippen LogP contribution in [0.25, 0.3) is 0 Å². The Labute approximate surface area is 102 Å². The lowest BCUT2D eigenvalue weighted by atomic mass is 10.00. The zero-order chi connectivity index (χ0) is 12.8. The number of amides is 2. The van der Waals surface area contributed by atoms with Crippen molar-refractivity contribution in [2.24, 2.45) is 0 Å². The number of urea groups is 1. The Kier molecular flexibility index (Phi) is 4.97. The summed E-state index contributed by atoms with van der Waals surface area (Å²) in [5.41, 5.74) is 4.75. The topological polar surface area (TPSA) is 61.4 Å². The van der Waals surface area contributed by atoms with E-state index in [1.54, 1.807) is 0 Å². The number of benzene rings is 1. The Morgan fingerprint density at radius 1 is 1.18 bits per heavy atom. The fourth-order valence-electron chi connectivity index (χ4n) is 1.89. The number of aliphatic hydroxyl groups is 1. The smallest absolute Gasteiger partial charge is 0.315 e. The molecule has 4 heteroatoms. The molecule has 0 aliphatic heterocycles. The third-order valence-corrected chi connectivity index (χ3v) is 2.66. The van der Waals surface area contributed by atoms with Gasteiger partial charge in [-0.15, -0.1) is 0 Å². The van der Waals surface area contributed by atoms with E-state index >= 15 is 0 Å². The molecule has 0 heterocycles. The van der Waals surface area contributed by atoms with Gasteiger partial charge in [0, 0.05) is 13.1 Å². The third kappa shape index (κ3) is 4.07. The second-order valence-corrected chi connectivity index (χ2v) is 4.21. The maximum atomic E-state index is 11.3. The summed E-state index contributed by atoms with van der Waals surface area (Å²) in [6.07, 6.45) is 0. The van der Waals surface area contributed by atoms with Gasteiger partial charge in [0.2, 0.25) is 0 Å². The van der Waals surface area contributed by atoms with Crippen molar-refractivity contribution in [3.05, 3.63) is 34.4 Å². The first-order valence-corrected chi connectivity index (χ1v) is 5.74. The molecule has 3 N–H and O–H groups in total. The van der Waals surface area contributed by atoms with Gasteiger partial charge in [-0.2, -0.15) is 0 Å². The van der Waals surface area contributed by atoms with E-state index < -0.39 is 0 Å². The van der Waals surface area contributed by atoms with Crippen LogP contribution >= 0.6 is 0 Å².